The Morgan fingerprint density at radius 3 is 2.63 bits per heavy atom. The molecule has 1 aromatic carbocycles. The Balaban J connectivity index is 1.64. The molecular formula is C20H21N3O3S. The van der Waals surface area contributed by atoms with Gasteiger partial charge in [0, 0.05) is 24.2 Å². The normalized spacial score (nSPS) is 16.8. The number of rotatable bonds is 4. The van der Waals surface area contributed by atoms with Gasteiger partial charge in [-0.25, -0.2) is 0 Å². The monoisotopic (exact) mass is 383 g/mol. The van der Waals surface area contributed by atoms with Crippen LogP contribution in [-0.4, -0.2) is 55.7 Å². The molecule has 2 amide bonds. The van der Waals surface area contributed by atoms with Crippen LogP contribution in [0.2, 0.25) is 0 Å². The smallest absolute Gasteiger partial charge is 0.249 e. The number of hydrogen-bond acceptors (Lipinski definition) is 5. The number of nitrogens with zero attached hydrogens (tertiary/aromatic N) is 3. The molecule has 1 saturated heterocycles. The fourth-order valence-electron chi connectivity index (χ4n) is 3.48. The average Bonchev–Trinajstić information content (AvgIpc) is 3.37. The molecule has 0 unspecified atom stereocenters. The summed E-state index contributed by atoms with van der Waals surface area (Å²) >= 11 is 1.47. The second kappa shape index (κ2) is 7.52. The van der Waals surface area contributed by atoms with Gasteiger partial charge in [-0.15, -0.1) is 11.3 Å². The summed E-state index contributed by atoms with van der Waals surface area (Å²) < 4.78 is 5.22. The van der Waals surface area contributed by atoms with Gasteiger partial charge >= 0.3 is 0 Å². The number of amides is 2. The molecule has 27 heavy (non-hydrogen) atoms. The van der Waals surface area contributed by atoms with Gasteiger partial charge in [-0.05, 0) is 48.6 Å². The number of fused-ring (bicyclic) bond motifs is 1. The summed E-state index contributed by atoms with van der Waals surface area (Å²) in [4.78, 5) is 33.4. The zero-order chi connectivity index (χ0) is 18.8. The highest BCUT2D eigenvalue weighted by molar-refractivity contribution is 7.15. The third kappa shape index (κ3) is 3.47. The van der Waals surface area contributed by atoms with Crippen LogP contribution in [0.1, 0.15) is 24.0 Å². The number of methoxy groups -OCH3 is 1. The third-order valence-corrected chi connectivity index (χ3v) is 5.87. The second-order valence-corrected chi connectivity index (χ2v) is 7.50. The van der Waals surface area contributed by atoms with Crippen molar-refractivity contribution >= 4 is 33.9 Å². The van der Waals surface area contributed by atoms with Crippen LogP contribution in [-0.2, 0) is 9.59 Å². The lowest BCUT2D eigenvalue weighted by Gasteiger charge is -2.23. The lowest BCUT2D eigenvalue weighted by atomic mass is 10.0. The van der Waals surface area contributed by atoms with E-state index in [1.165, 1.54) is 11.3 Å². The van der Waals surface area contributed by atoms with Crippen LogP contribution in [0, 0.1) is 0 Å². The minimum absolute atomic E-state index is 0.00750. The van der Waals surface area contributed by atoms with E-state index in [0.29, 0.717) is 0 Å². The molecule has 3 heterocycles. The molecule has 140 valence electrons. The van der Waals surface area contributed by atoms with E-state index in [4.69, 9.17) is 4.74 Å². The number of aliphatic imine (C=N–C) groups is 1. The second-order valence-electron chi connectivity index (χ2n) is 6.60. The number of thiophene rings is 1. The van der Waals surface area contributed by atoms with Gasteiger partial charge in [0.2, 0.25) is 11.8 Å². The summed E-state index contributed by atoms with van der Waals surface area (Å²) in [7, 11) is 1.63. The van der Waals surface area contributed by atoms with E-state index in [9.17, 15) is 9.59 Å². The number of carbonyl (C=O) groups excluding carboxylic acids is 2. The van der Waals surface area contributed by atoms with Crippen molar-refractivity contribution < 1.29 is 14.3 Å². The van der Waals surface area contributed by atoms with Crippen molar-refractivity contribution in [2.75, 3.05) is 38.2 Å². The highest BCUT2D eigenvalue weighted by atomic mass is 32.1. The van der Waals surface area contributed by atoms with Crippen LogP contribution in [0.4, 0.5) is 5.00 Å². The summed E-state index contributed by atoms with van der Waals surface area (Å²) in [5, 5.41) is 2.73. The minimum atomic E-state index is -0.144. The van der Waals surface area contributed by atoms with Crippen molar-refractivity contribution in [2.24, 2.45) is 4.99 Å². The van der Waals surface area contributed by atoms with E-state index >= 15 is 0 Å². The standard InChI is InChI=1S/C20H21N3O3S/c1-26-15-6-4-14(5-7-15)19-16-8-11-27-20(16)23(17(24)12-21-19)13-18(25)22-9-2-3-10-22/h4-8,11H,2-3,9-10,12-13H2,1H3. The van der Waals surface area contributed by atoms with Crippen molar-refractivity contribution in [1.82, 2.24) is 4.90 Å². The van der Waals surface area contributed by atoms with E-state index in [1.807, 2.05) is 40.6 Å². The number of ether oxygens (including phenoxy) is 1. The number of likely N-dealkylation sites (tertiary alicyclic amines) is 1. The highest BCUT2D eigenvalue weighted by Gasteiger charge is 2.30. The molecule has 0 N–H and O–H groups in total. The first kappa shape index (κ1) is 17.7. The fraction of sp³-hybridized carbons (Fsp3) is 0.350. The van der Waals surface area contributed by atoms with Crippen LogP contribution in [0.25, 0.3) is 0 Å². The van der Waals surface area contributed by atoms with Crippen LogP contribution >= 0.6 is 11.3 Å². The molecule has 1 aromatic heterocycles. The summed E-state index contributed by atoms with van der Waals surface area (Å²) in [5.41, 5.74) is 2.60. The van der Waals surface area contributed by atoms with Crippen LogP contribution in [0.3, 0.4) is 0 Å². The van der Waals surface area contributed by atoms with Gasteiger partial charge in [0.1, 0.15) is 23.8 Å². The maximum atomic E-state index is 12.7. The van der Waals surface area contributed by atoms with Gasteiger partial charge in [0.15, 0.2) is 0 Å². The van der Waals surface area contributed by atoms with Crippen molar-refractivity contribution in [1.29, 1.82) is 0 Å². The number of hydrogen-bond donors (Lipinski definition) is 0. The van der Waals surface area contributed by atoms with Crippen molar-refractivity contribution in [3.8, 4) is 5.75 Å². The van der Waals surface area contributed by atoms with Crippen molar-refractivity contribution in [2.45, 2.75) is 12.8 Å². The minimum Gasteiger partial charge on any atom is -0.497 e. The van der Waals surface area contributed by atoms with Crippen LogP contribution in [0.15, 0.2) is 40.7 Å². The van der Waals surface area contributed by atoms with Crippen LogP contribution < -0.4 is 9.64 Å². The van der Waals surface area contributed by atoms with Gasteiger partial charge in [-0.2, -0.15) is 0 Å². The number of benzene rings is 1. The van der Waals surface area contributed by atoms with E-state index in [-0.39, 0.29) is 24.9 Å². The molecule has 2 aromatic rings. The zero-order valence-corrected chi connectivity index (χ0v) is 16.0. The maximum Gasteiger partial charge on any atom is 0.249 e. The molecule has 4 rings (SSSR count). The SMILES string of the molecule is COc1ccc(C2=NCC(=O)N(CC(=O)N3CCCC3)c3sccc32)cc1. The fourth-order valence-corrected chi connectivity index (χ4v) is 4.40. The Bertz CT molecular complexity index is 882. The lowest BCUT2D eigenvalue weighted by molar-refractivity contribution is -0.130. The lowest BCUT2D eigenvalue weighted by Crippen LogP contribution is -2.42. The van der Waals surface area contributed by atoms with E-state index in [2.05, 4.69) is 4.99 Å². The Labute approximate surface area is 162 Å². The highest BCUT2D eigenvalue weighted by Crippen LogP contribution is 2.32. The topological polar surface area (TPSA) is 62.2 Å². The summed E-state index contributed by atoms with van der Waals surface area (Å²) in [5.74, 6) is 0.635. The predicted octanol–water partition coefficient (Wildman–Crippen LogP) is 2.56. The zero-order valence-electron chi connectivity index (χ0n) is 15.2. The Hall–Kier alpha value is -2.67. The molecule has 0 spiro atoms. The summed E-state index contributed by atoms with van der Waals surface area (Å²) in [6, 6.07) is 9.61. The number of carbonyl (C=O) groups is 2. The molecule has 1 fully saturated rings. The largest absolute Gasteiger partial charge is 0.497 e. The Morgan fingerprint density at radius 1 is 1.19 bits per heavy atom. The first-order chi connectivity index (χ1) is 13.2. The molecule has 0 atom stereocenters. The van der Waals surface area contributed by atoms with Crippen LogP contribution in [0.5, 0.6) is 5.75 Å². The quantitative estimate of drug-likeness (QED) is 0.815. The van der Waals surface area contributed by atoms with Crippen molar-refractivity contribution in [3.05, 3.63) is 46.8 Å². The molecule has 7 heteroatoms. The Kier molecular flexibility index (Phi) is 4.94. The first-order valence-corrected chi connectivity index (χ1v) is 9.90. The molecule has 2 aliphatic heterocycles. The maximum absolute atomic E-state index is 12.7. The van der Waals surface area contributed by atoms with Gasteiger partial charge in [-0.1, -0.05) is 0 Å². The van der Waals surface area contributed by atoms with Crippen molar-refractivity contribution in [3.63, 3.8) is 0 Å². The van der Waals surface area contributed by atoms with Gasteiger partial charge in [0.25, 0.3) is 0 Å². The molecule has 0 aliphatic carbocycles. The van der Waals surface area contributed by atoms with Gasteiger partial charge < -0.3 is 9.64 Å². The average molecular weight is 383 g/mol. The molecule has 6 nitrogen and oxygen atoms in total. The third-order valence-electron chi connectivity index (χ3n) is 4.93. The summed E-state index contributed by atoms with van der Waals surface area (Å²) in [6.07, 6.45) is 2.07. The van der Waals surface area contributed by atoms with E-state index in [1.54, 1.807) is 12.0 Å². The summed E-state index contributed by atoms with van der Waals surface area (Å²) in [6.45, 7) is 1.69. The predicted molar refractivity (Wildman–Crippen MR) is 106 cm³/mol. The molecule has 0 radical (unpaired) electrons. The first-order valence-electron chi connectivity index (χ1n) is 9.02. The van der Waals surface area contributed by atoms with E-state index < -0.39 is 0 Å². The van der Waals surface area contributed by atoms with E-state index in [0.717, 1.165) is 53.5 Å². The van der Waals surface area contributed by atoms with Gasteiger partial charge in [0.05, 0.1) is 12.8 Å². The molecule has 0 bridgehead atoms. The molecular weight excluding hydrogens is 362 g/mol. The molecule has 2 aliphatic rings. The molecule has 0 saturated carbocycles. The van der Waals surface area contributed by atoms with Gasteiger partial charge in [-0.3, -0.25) is 19.5 Å². The Morgan fingerprint density at radius 2 is 1.93 bits per heavy atom. The number of anilines is 1.